The van der Waals surface area contributed by atoms with Crippen molar-refractivity contribution in [2.24, 2.45) is 5.92 Å². The second-order valence-corrected chi connectivity index (χ2v) is 5.68. The van der Waals surface area contributed by atoms with E-state index in [9.17, 15) is 4.79 Å². The molecule has 0 unspecified atom stereocenters. The van der Waals surface area contributed by atoms with E-state index in [4.69, 9.17) is 5.73 Å². The summed E-state index contributed by atoms with van der Waals surface area (Å²) in [7, 11) is 0. The number of carbonyl (C=O) groups is 1. The molecule has 1 fully saturated rings. The molecular weight excluding hydrogens is 236 g/mol. The zero-order valence-corrected chi connectivity index (χ0v) is 11.9. The van der Waals surface area contributed by atoms with E-state index in [1.54, 1.807) is 0 Å². The summed E-state index contributed by atoms with van der Waals surface area (Å²) in [5.74, 6) is 0.627. The largest absolute Gasteiger partial charge is 0.398 e. The first-order chi connectivity index (χ1) is 9.09. The van der Waals surface area contributed by atoms with Crippen molar-refractivity contribution in [3.63, 3.8) is 0 Å². The molecule has 0 spiro atoms. The molecule has 3 N–H and O–H groups in total. The van der Waals surface area contributed by atoms with Crippen LogP contribution in [-0.4, -0.2) is 11.9 Å². The molecule has 0 aliphatic heterocycles. The molecule has 0 aromatic heterocycles. The van der Waals surface area contributed by atoms with Crippen molar-refractivity contribution >= 4 is 11.6 Å². The van der Waals surface area contributed by atoms with Gasteiger partial charge in [0.2, 0.25) is 0 Å². The van der Waals surface area contributed by atoms with Crippen molar-refractivity contribution in [3.05, 3.63) is 29.3 Å². The number of nitrogen functional groups attached to an aromatic ring is 1. The van der Waals surface area contributed by atoms with Crippen molar-refractivity contribution < 1.29 is 4.79 Å². The highest BCUT2D eigenvalue weighted by atomic mass is 16.1. The minimum atomic E-state index is 0.00266. The minimum absolute atomic E-state index is 0.00266. The van der Waals surface area contributed by atoms with Gasteiger partial charge in [-0.3, -0.25) is 4.79 Å². The Labute approximate surface area is 115 Å². The van der Waals surface area contributed by atoms with Gasteiger partial charge in [-0.2, -0.15) is 0 Å². The topological polar surface area (TPSA) is 55.1 Å². The van der Waals surface area contributed by atoms with Crippen LogP contribution in [0.25, 0.3) is 0 Å². The molecule has 0 radical (unpaired) electrons. The molecule has 1 atom stereocenters. The maximum Gasteiger partial charge on any atom is 0.251 e. The van der Waals surface area contributed by atoms with Gasteiger partial charge in [0.1, 0.15) is 0 Å². The number of benzene rings is 1. The van der Waals surface area contributed by atoms with Crippen LogP contribution in [0.3, 0.4) is 0 Å². The average molecular weight is 260 g/mol. The third-order valence-corrected chi connectivity index (χ3v) is 4.34. The van der Waals surface area contributed by atoms with E-state index in [0.717, 1.165) is 5.56 Å². The van der Waals surface area contributed by atoms with E-state index in [1.807, 2.05) is 25.1 Å². The van der Waals surface area contributed by atoms with Gasteiger partial charge in [0, 0.05) is 17.3 Å². The fourth-order valence-corrected chi connectivity index (χ4v) is 2.94. The highest BCUT2D eigenvalue weighted by Gasteiger charge is 2.22. The van der Waals surface area contributed by atoms with Gasteiger partial charge in [-0.25, -0.2) is 0 Å². The number of amides is 1. The van der Waals surface area contributed by atoms with E-state index >= 15 is 0 Å². The zero-order valence-electron chi connectivity index (χ0n) is 11.9. The number of nitrogens with one attached hydrogen (secondary N) is 1. The van der Waals surface area contributed by atoms with Gasteiger partial charge < -0.3 is 11.1 Å². The Hall–Kier alpha value is -1.51. The lowest BCUT2D eigenvalue weighted by atomic mass is 9.84. The number of hydrogen-bond acceptors (Lipinski definition) is 2. The summed E-state index contributed by atoms with van der Waals surface area (Å²) >= 11 is 0. The molecule has 3 nitrogen and oxygen atoms in total. The predicted octanol–water partition coefficient (Wildman–Crippen LogP) is 3.28. The smallest absolute Gasteiger partial charge is 0.251 e. The van der Waals surface area contributed by atoms with Crippen molar-refractivity contribution in [1.82, 2.24) is 5.32 Å². The van der Waals surface area contributed by atoms with Gasteiger partial charge in [0.15, 0.2) is 0 Å². The Kier molecular flexibility index (Phi) is 4.46. The Bertz CT molecular complexity index is 450. The first-order valence-electron chi connectivity index (χ1n) is 7.25. The van der Waals surface area contributed by atoms with Gasteiger partial charge in [-0.1, -0.05) is 25.3 Å². The highest BCUT2D eigenvalue weighted by Crippen LogP contribution is 2.26. The molecule has 0 bridgehead atoms. The number of anilines is 1. The summed E-state index contributed by atoms with van der Waals surface area (Å²) in [6, 6.07) is 5.75. The molecule has 1 saturated carbocycles. The fourth-order valence-electron chi connectivity index (χ4n) is 2.94. The summed E-state index contributed by atoms with van der Waals surface area (Å²) in [4.78, 5) is 12.3. The molecule has 1 aliphatic rings. The van der Waals surface area contributed by atoms with Crippen LogP contribution in [0.1, 0.15) is 54.9 Å². The van der Waals surface area contributed by atoms with E-state index in [0.29, 0.717) is 17.2 Å². The van der Waals surface area contributed by atoms with Crippen LogP contribution >= 0.6 is 0 Å². The number of carbonyl (C=O) groups excluding carboxylic acids is 1. The second kappa shape index (κ2) is 6.09. The van der Waals surface area contributed by atoms with Crippen molar-refractivity contribution in [3.8, 4) is 0 Å². The lowest BCUT2D eigenvalue weighted by Gasteiger charge is -2.28. The summed E-state index contributed by atoms with van der Waals surface area (Å²) < 4.78 is 0. The standard InChI is InChI=1S/C16H24N2O/c1-11-14(9-6-10-15(11)17)16(19)18-12(2)13-7-4-3-5-8-13/h6,9-10,12-13H,3-5,7-8,17H2,1-2H3,(H,18,19)/t12-/m1/s1. The van der Waals surface area contributed by atoms with E-state index in [2.05, 4.69) is 12.2 Å². The maximum absolute atomic E-state index is 12.3. The summed E-state index contributed by atoms with van der Waals surface area (Å²) in [5.41, 5.74) is 8.10. The predicted molar refractivity (Wildman–Crippen MR) is 79.1 cm³/mol. The van der Waals surface area contributed by atoms with Gasteiger partial charge in [0.05, 0.1) is 0 Å². The molecule has 2 rings (SSSR count). The lowest BCUT2D eigenvalue weighted by molar-refractivity contribution is 0.0918. The van der Waals surface area contributed by atoms with Crippen LogP contribution in [-0.2, 0) is 0 Å². The molecule has 0 saturated heterocycles. The lowest BCUT2D eigenvalue weighted by Crippen LogP contribution is -2.39. The molecule has 3 heteroatoms. The van der Waals surface area contributed by atoms with Crippen LogP contribution in [0, 0.1) is 12.8 Å². The number of hydrogen-bond donors (Lipinski definition) is 2. The Morgan fingerprint density at radius 3 is 2.68 bits per heavy atom. The van der Waals surface area contributed by atoms with Crippen LogP contribution in [0.4, 0.5) is 5.69 Å². The summed E-state index contributed by atoms with van der Waals surface area (Å²) in [6.07, 6.45) is 6.39. The Morgan fingerprint density at radius 1 is 1.32 bits per heavy atom. The van der Waals surface area contributed by atoms with Gasteiger partial charge in [0.25, 0.3) is 5.91 Å². The molecule has 19 heavy (non-hydrogen) atoms. The number of nitrogens with two attached hydrogens (primary N) is 1. The first-order valence-corrected chi connectivity index (χ1v) is 7.25. The first kappa shape index (κ1) is 13.9. The van der Waals surface area contributed by atoms with E-state index in [1.165, 1.54) is 32.1 Å². The SMILES string of the molecule is Cc1c(N)cccc1C(=O)N[C@H](C)C1CCCCC1. The molecule has 1 aliphatic carbocycles. The minimum Gasteiger partial charge on any atom is -0.398 e. The molecular formula is C16H24N2O. The van der Waals surface area contributed by atoms with Crippen LogP contribution in [0.15, 0.2) is 18.2 Å². The summed E-state index contributed by atoms with van der Waals surface area (Å²) in [6.45, 7) is 4.02. The molecule has 1 aromatic rings. The Balaban J connectivity index is 2.02. The molecule has 1 aromatic carbocycles. The average Bonchev–Trinajstić information content (AvgIpc) is 2.42. The van der Waals surface area contributed by atoms with Gasteiger partial charge in [-0.05, 0) is 50.3 Å². The Morgan fingerprint density at radius 2 is 2.00 bits per heavy atom. The highest BCUT2D eigenvalue weighted by molar-refractivity contribution is 5.97. The fraction of sp³-hybridized carbons (Fsp3) is 0.562. The zero-order chi connectivity index (χ0) is 13.8. The summed E-state index contributed by atoms with van der Waals surface area (Å²) in [5, 5.41) is 3.14. The number of rotatable bonds is 3. The van der Waals surface area contributed by atoms with Crippen molar-refractivity contribution in [2.75, 3.05) is 5.73 Å². The molecule has 104 valence electrons. The quantitative estimate of drug-likeness (QED) is 0.819. The monoisotopic (exact) mass is 260 g/mol. The molecule has 1 amide bonds. The van der Waals surface area contributed by atoms with Crippen LogP contribution in [0.2, 0.25) is 0 Å². The van der Waals surface area contributed by atoms with Crippen molar-refractivity contribution in [2.45, 2.75) is 52.0 Å². The van der Waals surface area contributed by atoms with Crippen LogP contribution < -0.4 is 11.1 Å². The van der Waals surface area contributed by atoms with E-state index in [-0.39, 0.29) is 11.9 Å². The second-order valence-electron chi connectivity index (χ2n) is 5.68. The van der Waals surface area contributed by atoms with Crippen LogP contribution in [0.5, 0.6) is 0 Å². The third kappa shape index (κ3) is 3.28. The van der Waals surface area contributed by atoms with E-state index < -0.39 is 0 Å². The molecule has 0 heterocycles. The third-order valence-electron chi connectivity index (χ3n) is 4.34. The van der Waals surface area contributed by atoms with Crippen molar-refractivity contribution in [1.29, 1.82) is 0 Å². The van der Waals surface area contributed by atoms with Gasteiger partial charge in [-0.15, -0.1) is 0 Å². The van der Waals surface area contributed by atoms with Gasteiger partial charge >= 0.3 is 0 Å². The maximum atomic E-state index is 12.3. The normalized spacial score (nSPS) is 18.0.